The molecule has 0 amide bonds. The lowest BCUT2D eigenvalue weighted by atomic mass is 10.6. The fourth-order valence-corrected chi connectivity index (χ4v) is 1.81. The van der Waals surface area contributed by atoms with Gasteiger partial charge in [0.25, 0.3) is 5.84 Å². The van der Waals surface area contributed by atoms with Gasteiger partial charge in [-0.1, -0.05) is 4.70 Å². The van der Waals surface area contributed by atoms with Crippen molar-refractivity contribution in [3.63, 3.8) is 0 Å². The van der Waals surface area contributed by atoms with E-state index < -0.39 is 0 Å². The second-order valence-electron chi connectivity index (χ2n) is 3.56. The zero-order valence-electron chi connectivity index (χ0n) is 8.90. The summed E-state index contributed by atoms with van der Waals surface area (Å²) in [4.78, 5) is 4.13. The van der Waals surface area contributed by atoms with Crippen LogP contribution in [0.3, 0.4) is 0 Å². The van der Waals surface area contributed by atoms with Gasteiger partial charge in [0.1, 0.15) is 0 Å². The molecule has 0 aromatic rings. The molecule has 7 heteroatoms. The molecule has 2 aliphatic heterocycles. The number of nitrogens with two attached hydrogens (primary N) is 1. The van der Waals surface area contributed by atoms with Crippen molar-refractivity contribution in [1.82, 2.24) is 10.1 Å². The molecule has 88 valence electrons. The molecule has 0 bridgehead atoms. The van der Waals surface area contributed by atoms with Gasteiger partial charge in [-0.05, 0) is 0 Å². The van der Waals surface area contributed by atoms with Crippen LogP contribution in [0.2, 0.25) is 0 Å². The Morgan fingerprint density at radius 2 is 2.06 bits per heavy atom. The molecule has 0 fully saturated rings. The third kappa shape index (κ3) is 1.64. The van der Waals surface area contributed by atoms with E-state index in [9.17, 15) is 0 Å². The SMILES string of the molecule is N[N+]12C=CN=C1C=CN2N(CCO)CCO. The smallest absolute Gasteiger partial charge is 0.280 e. The van der Waals surface area contributed by atoms with Gasteiger partial charge in [-0.15, -0.1) is 11.0 Å². The highest BCUT2D eigenvalue weighted by atomic mass is 16.3. The quantitative estimate of drug-likeness (QED) is 0.393. The first-order valence-electron chi connectivity index (χ1n) is 5.10. The summed E-state index contributed by atoms with van der Waals surface area (Å²) in [7, 11) is 0. The highest BCUT2D eigenvalue weighted by Gasteiger charge is 2.44. The lowest BCUT2D eigenvalue weighted by Crippen LogP contribution is -2.64. The van der Waals surface area contributed by atoms with Crippen molar-refractivity contribution in [1.29, 1.82) is 0 Å². The van der Waals surface area contributed by atoms with Crippen LogP contribution < -0.4 is 5.84 Å². The first-order valence-corrected chi connectivity index (χ1v) is 5.10. The lowest BCUT2D eigenvalue weighted by molar-refractivity contribution is -0.934. The Balaban J connectivity index is 2.17. The van der Waals surface area contributed by atoms with Crippen LogP contribution in [0.25, 0.3) is 0 Å². The van der Waals surface area contributed by atoms with E-state index in [0.29, 0.717) is 18.9 Å². The van der Waals surface area contributed by atoms with E-state index in [2.05, 4.69) is 4.99 Å². The normalized spacial score (nSPS) is 26.8. The Morgan fingerprint density at radius 1 is 1.38 bits per heavy atom. The maximum Gasteiger partial charge on any atom is 0.280 e. The molecule has 16 heavy (non-hydrogen) atoms. The van der Waals surface area contributed by atoms with Crippen LogP contribution in [-0.2, 0) is 0 Å². The highest BCUT2D eigenvalue weighted by Crippen LogP contribution is 2.24. The highest BCUT2D eigenvalue weighted by molar-refractivity contribution is 5.89. The molecular weight excluding hydrogens is 210 g/mol. The van der Waals surface area contributed by atoms with Gasteiger partial charge in [-0.2, -0.15) is 10.0 Å². The van der Waals surface area contributed by atoms with Gasteiger partial charge in [-0.25, -0.2) is 0 Å². The first kappa shape index (κ1) is 11.2. The molecule has 0 saturated carbocycles. The Bertz CT molecular complexity index is 348. The summed E-state index contributed by atoms with van der Waals surface area (Å²) in [6.45, 7) is 0.813. The maximum absolute atomic E-state index is 8.98. The standard InChI is InChI=1S/C9H16N5O2/c10-14-6-2-11-9(14)1-3-13(14)12(4-7-15)5-8-16/h1-3,6,15-16H,4-5,7-8,10H2/q+1. The summed E-state index contributed by atoms with van der Waals surface area (Å²) >= 11 is 0. The number of aliphatic imine (C=N–C) groups is 1. The molecule has 1 unspecified atom stereocenters. The van der Waals surface area contributed by atoms with E-state index in [1.54, 1.807) is 28.7 Å². The number of nitrogens with zero attached hydrogens (tertiary/aromatic N) is 4. The number of hydrazine groups is 1. The summed E-state index contributed by atoms with van der Waals surface area (Å²) < 4.78 is -0.0556. The van der Waals surface area contributed by atoms with E-state index in [0.717, 1.165) is 0 Å². The zero-order chi connectivity index (χ0) is 11.6. The van der Waals surface area contributed by atoms with Gasteiger partial charge in [0.05, 0.1) is 25.6 Å². The molecule has 0 aromatic heterocycles. The fraction of sp³-hybridized carbons (Fsp3) is 0.444. The molecule has 1 atom stereocenters. The largest absolute Gasteiger partial charge is 0.395 e. The molecule has 2 rings (SSSR count). The minimum absolute atomic E-state index is 0.000526. The van der Waals surface area contributed by atoms with Crippen LogP contribution >= 0.6 is 0 Å². The summed E-state index contributed by atoms with van der Waals surface area (Å²) in [5.41, 5.74) is 0. The zero-order valence-corrected chi connectivity index (χ0v) is 8.90. The summed E-state index contributed by atoms with van der Waals surface area (Å²) in [6, 6.07) is 0. The van der Waals surface area contributed by atoms with Crippen LogP contribution in [0, 0.1) is 0 Å². The fourth-order valence-electron chi connectivity index (χ4n) is 1.81. The molecule has 0 saturated heterocycles. The van der Waals surface area contributed by atoms with E-state index >= 15 is 0 Å². The van der Waals surface area contributed by atoms with Crippen molar-refractivity contribution in [2.24, 2.45) is 10.8 Å². The monoisotopic (exact) mass is 226 g/mol. The second-order valence-corrected chi connectivity index (χ2v) is 3.56. The minimum atomic E-state index is -0.0556. The Kier molecular flexibility index (Phi) is 3.03. The summed E-state index contributed by atoms with van der Waals surface area (Å²) in [5.74, 6) is 6.86. The van der Waals surface area contributed by atoms with Crippen LogP contribution in [0.4, 0.5) is 0 Å². The second kappa shape index (κ2) is 4.32. The van der Waals surface area contributed by atoms with Crippen molar-refractivity contribution >= 4 is 5.84 Å². The van der Waals surface area contributed by atoms with Crippen molar-refractivity contribution in [3.8, 4) is 0 Å². The topological polar surface area (TPSA) is 85.3 Å². The predicted octanol–water partition coefficient (Wildman–Crippen LogP) is -1.49. The molecule has 0 aliphatic carbocycles. The van der Waals surface area contributed by atoms with Crippen molar-refractivity contribution < 1.29 is 14.9 Å². The van der Waals surface area contributed by atoms with Crippen LogP contribution in [-0.4, -0.2) is 57.2 Å². The van der Waals surface area contributed by atoms with Crippen molar-refractivity contribution in [2.75, 3.05) is 26.3 Å². The lowest BCUT2D eigenvalue weighted by Gasteiger charge is -2.37. The van der Waals surface area contributed by atoms with Crippen LogP contribution in [0.15, 0.2) is 29.7 Å². The van der Waals surface area contributed by atoms with Gasteiger partial charge in [-0.3, -0.25) is 0 Å². The Hall–Kier alpha value is -1.25. The average Bonchev–Trinajstić information content (AvgIpc) is 2.74. The van der Waals surface area contributed by atoms with Gasteiger partial charge >= 0.3 is 0 Å². The molecule has 7 nitrogen and oxygen atoms in total. The summed E-state index contributed by atoms with van der Waals surface area (Å²) in [6.07, 6.45) is 6.97. The van der Waals surface area contributed by atoms with Crippen LogP contribution in [0.5, 0.6) is 0 Å². The molecular formula is C9H16N5O2+. The van der Waals surface area contributed by atoms with E-state index in [1.165, 1.54) is 0 Å². The maximum atomic E-state index is 8.98. The summed E-state index contributed by atoms with van der Waals surface area (Å²) in [5, 5.41) is 21.5. The number of rotatable bonds is 5. The van der Waals surface area contributed by atoms with Gasteiger partial charge in [0, 0.05) is 19.2 Å². The van der Waals surface area contributed by atoms with E-state index in [-0.39, 0.29) is 17.9 Å². The Morgan fingerprint density at radius 3 is 2.69 bits per heavy atom. The number of amidine groups is 1. The first-order chi connectivity index (χ1) is 7.72. The third-order valence-electron chi connectivity index (χ3n) is 2.57. The van der Waals surface area contributed by atoms with E-state index in [1.807, 2.05) is 6.08 Å². The number of quaternary nitrogens is 1. The van der Waals surface area contributed by atoms with Gasteiger partial charge in [0.15, 0.2) is 6.20 Å². The minimum Gasteiger partial charge on any atom is -0.395 e. The number of aliphatic hydroxyl groups excluding tert-OH is 2. The molecule has 0 radical (unpaired) electrons. The molecule has 0 spiro atoms. The molecule has 0 aromatic carbocycles. The van der Waals surface area contributed by atoms with Gasteiger partial charge < -0.3 is 10.2 Å². The average molecular weight is 226 g/mol. The van der Waals surface area contributed by atoms with Crippen molar-refractivity contribution in [3.05, 3.63) is 24.7 Å². The molecule has 2 aliphatic rings. The van der Waals surface area contributed by atoms with Crippen LogP contribution in [0.1, 0.15) is 0 Å². The van der Waals surface area contributed by atoms with Crippen molar-refractivity contribution in [2.45, 2.75) is 0 Å². The predicted molar refractivity (Wildman–Crippen MR) is 57.7 cm³/mol. The molecule has 2 heterocycles. The Labute approximate surface area is 93.5 Å². The molecule has 4 N–H and O–H groups in total. The number of hydrogen-bond donors (Lipinski definition) is 3. The van der Waals surface area contributed by atoms with E-state index in [4.69, 9.17) is 16.1 Å². The number of aliphatic hydroxyl groups is 2. The number of hydrogen-bond acceptors (Lipinski definition) is 6. The third-order valence-corrected chi connectivity index (χ3v) is 2.57. The van der Waals surface area contributed by atoms with Gasteiger partial charge in [0.2, 0.25) is 0 Å². The number of fused-ring (bicyclic) bond motifs is 1.